The summed E-state index contributed by atoms with van der Waals surface area (Å²) in [6.45, 7) is 2.07. The van der Waals surface area contributed by atoms with Gasteiger partial charge in [0.05, 0.1) is 0 Å². The number of fused-ring (bicyclic) bond motifs is 1. The average molecular weight is 263 g/mol. The lowest BCUT2D eigenvalue weighted by Gasteiger charge is -2.24. The Labute approximate surface area is 111 Å². The van der Waals surface area contributed by atoms with Gasteiger partial charge in [0.25, 0.3) is 0 Å². The molecule has 0 aliphatic carbocycles. The molecule has 0 unspecified atom stereocenters. The standard InChI is InChI=1S/C13H15ClN4/c14-12-10-5-1-2-6-11(10)13(18-17-12)16-9-4-3-7-15-8-9/h1-2,5-6,9,15H,3-4,7-8H2,(H,16,18)/t9-/m1/s1. The lowest BCUT2D eigenvalue weighted by atomic mass is 10.1. The Kier molecular flexibility index (Phi) is 3.30. The fourth-order valence-corrected chi connectivity index (χ4v) is 2.55. The molecule has 18 heavy (non-hydrogen) atoms. The number of hydrogen-bond donors (Lipinski definition) is 2. The first kappa shape index (κ1) is 11.7. The maximum atomic E-state index is 6.06. The number of aromatic nitrogens is 2. The largest absolute Gasteiger partial charge is 0.364 e. The predicted molar refractivity (Wildman–Crippen MR) is 74.1 cm³/mol. The van der Waals surface area contributed by atoms with Crippen LogP contribution in [0.15, 0.2) is 24.3 Å². The molecule has 0 radical (unpaired) electrons. The summed E-state index contributed by atoms with van der Waals surface area (Å²) in [4.78, 5) is 0. The topological polar surface area (TPSA) is 49.8 Å². The molecule has 0 bridgehead atoms. The second kappa shape index (κ2) is 5.08. The van der Waals surface area contributed by atoms with Gasteiger partial charge in [-0.25, -0.2) is 0 Å². The quantitative estimate of drug-likeness (QED) is 0.873. The van der Waals surface area contributed by atoms with Crippen molar-refractivity contribution in [1.29, 1.82) is 0 Å². The summed E-state index contributed by atoms with van der Waals surface area (Å²) in [6.07, 6.45) is 2.35. The van der Waals surface area contributed by atoms with Gasteiger partial charge in [0.1, 0.15) is 0 Å². The Morgan fingerprint density at radius 2 is 2.06 bits per heavy atom. The van der Waals surface area contributed by atoms with E-state index in [-0.39, 0.29) is 0 Å². The number of hydrogen-bond acceptors (Lipinski definition) is 4. The highest BCUT2D eigenvalue weighted by molar-refractivity contribution is 6.34. The van der Waals surface area contributed by atoms with Gasteiger partial charge in [0.15, 0.2) is 11.0 Å². The highest BCUT2D eigenvalue weighted by Crippen LogP contribution is 2.26. The molecule has 4 nitrogen and oxygen atoms in total. The molecule has 0 amide bonds. The maximum Gasteiger partial charge on any atom is 0.159 e. The average Bonchev–Trinajstić information content (AvgIpc) is 2.44. The molecule has 3 rings (SSSR count). The molecule has 2 heterocycles. The molecule has 1 aliphatic heterocycles. The van der Waals surface area contributed by atoms with Crippen LogP contribution in [0.25, 0.3) is 10.8 Å². The van der Waals surface area contributed by atoms with Gasteiger partial charge < -0.3 is 10.6 Å². The molecule has 1 aromatic heterocycles. The van der Waals surface area contributed by atoms with Gasteiger partial charge in [0.2, 0.25) is 0 Å². The maximum absolute atomic E-state index is 6.06. The summed E-state index contributed by atoms with van der Waals surface area (Å²) >= 11 is 6.06. The molecule has 1 aromatic carbocycles. The highest BCUT2D eigenvalue weighted by atomic mass is 35.5. The lowest BCUT2D eigenvalue weighted by Crippen LogP contribution is -2.38. The third-order valence-electron chi connectivity index (χ3n) is 3.28. The SMILES string of the molecule is Clc1nnc(N[C@@H]2CCCNC2)c2ccccc12. The van der Waals surface area contributed by atoms with Crippen molar-refractivity contribution < 1.29 is 0 Å². The second-order valence-corrected chi connectivity index (χ2v) is 4.93. The first-order valence-corrected chi connectivity index (χ1v) is 6.60. The Morgan fingerprint density at radius 1 is 1.22 bits per heavy atom. The van der Waals surface area contributed by atoms with Crippen LogP contribution < -0.4 is 10.6 Å². The third kappa shape index (κ3) is 2.26. The normalized spacial score (nSPS) is 19.9. The lowest BCUT2D eigenvalue weighted by molar-refractivity contribution is 0.479. The Morgan fingerprint density at radius 3 is 2.83 bits per heavy atom. The summed E-state index contributed by atoms with van der Waals surface area (Å²) in [5, 5.41) is 17.5. The second-order valence-electron chi connectivity index (χ2n) is 4.57. The fraction of sp³-hybridized carbons (Fsp3) is 0.385. The third-order valence-corrected chi connectivity index (χ3v) is 3.56. The van der Waals surface area contributed by atoms with Crippen LogP contribution in [-0.2, 0) is 0 Å². The zero-order chi connectivity index (χ0) is 12.4. The molecule has 2 aromatic rings. The summed E-state index contributed by atoms with van der Waals surface area (Å²) in [5.74, 6) is 0.823. The smallest absolute Gasteiger partial charge is 0.159 e. The summed E-state index contributed by atoms with van der Waals surface area (Å²) in [6, 6.07) is 8.36. The van der Waals surface area contributed by atoms with Gasteiger partial charge in [-0.3, -0.25) is 0 Å². The number of nitrogens with one attached hydrogen (secondary N) is 2. The zero-order valence-electron chi connectivity index (χ0n) is 9.99. The van der Waals surface area contributed by atoms with Gasteiger partial charge in [-0.05, 0) is 19.4 Å². The Hall–Kier alpha value is -1.39. The van der Waals surface area contributed by atoms with Gasteiger partial charge in [-0.15, -0.1) is 10.2 Å². The van der Waals surface area contributed by atoms with Crippen LogP contribution in [0, 0.1) is 0 Å². The van der Waals surface area contributed by atoms with Crippen molar-refractivity contribution in [2.45, 2.75) is 18.9 Å². The van der Waals surface area contributed by atoms with Crippen molar-refractivity contribution in [2.75, 3.05) is 18.4 Å². The van der Waals surface area contributed by atoms with E-state index in [0.29, 0.717) is 11.2 Å². The summed E-state index contributed by atoms with van der Waals surface area (Å²) in [7, 11) is 0. The van der Waals surface area contributed by atoms with Crippen LogP contribution in [0.2, 0.25) is 5.15 Å². The zero-order valence-corrected chi connectivity index (χ0v) is 10.7. The molecule has 5 heteroatoms. The van der Waals surface area contributed by atoms with Crippen molar-refractivity contribution in [3.05, 3.63) is 29.4 Å². The van der Waals surface area contributed by atoms with Crippen LogP contribution in [0.3, 0.4) is 0 Å². The van der Waals surface area contributed by atoms with Crippen LogP contribution in [0.4, 0.5) is 5.82 Å². The van der Waals surface area contributed by atoms with E-state index in [9.17, 15) is 0 Å². The number of anilines is 1. The highest BCUT2D eigenvalue weighted by Gasteiger charge is 2.15. The number of nitrogens with zero attached hydrogens (tertiary/aromatic N) is 2. The van der Waals surface area contributed by atoms with Gasteiger partial charge in [-0.1, -0.05) is 35.9 Å². The molecular formula is C13H15ClN4. The van der Waals surface area contributed by atoms with E-state index < -0.39 is 0 Å². The van der Waals surface area contributed by atoms with E-state index >= 15 is 0 Å². The molecule has 0 spiro atoms. The van der Waals surface area contributed by atoms with Crippen LogP contribution in [-0.4, -0.2) is 29.3 Å². The van der Waals surface area contributed by atoms with Crippen LogP contribution in [0.1, 0.15) is 12.8 Å². The van der Waals surface area contributed by atoms with E-state index in [4.69, 9.17) is 11.6 Å². The van der Waals surface area contributed by atoms with E-state index in [1.807, 2.05) is 24.3 Å². The summed E-state index contributed by atoms with van der Waals surface area (Å²) < 4.78 is 0. The fourth-order valence-electron chi connectivity index (χ4n) is 2.35. The molecule has 94 valence electrons. The van der Waals surface area contributed by atoms with Crippen molar-refractivity contribution in [2.24, 2.45) is 0 Å². The Balaban J connectivity index is 1.94. The molecule has 1 aliphatic rings. The summed E-state index contributed by atoms with van der Waals surface area (Å²) in [5.41, 5.74) is 0. The van der Waals surface area contributed by atoms with Gasteiger partial charge in [0, 0.05) is 23.4 Å². The minimum atomic E-state index is 0.414. The predicted octanol–water partition coefficient (Wildman–Crippen LogP) is 2.45. The molecule has 1 saturated heterocycles. The van der Waals surface area contributed by atoms with Crippen molar-refractivity contribution in [3.8, 4) is 0 Å². The van der Waals surface area contributed by atoms with E-state index in [1.54, 1.807) is 0 Å². The first-order chi connectivity index (χ1) is 8.84. The van der Waals surface area contributed by atoms with Crippen molar-refractivity contribution in [3.63, 3.8) is 0 Å². The minimum absolute atomic E-state index is 0.414. The molecule has 2 N–H and O–H groups in total. The molecule has 1 fully saturated rings. The van der Waals surface area contributed by atoms with Crippen LogP contribution >= 0.6 is 11.6 Å². The molecular weight excluding hydrogens is 248 g/mol. The van der Waals surface area contributed by atoms with E-state index in [1.165, 1.54) is 6.42 Å². The van der Waals surface area contributed by atoms with E-state index in [0.717, 1.165) is 36.1 Å². The number of benzene rings is 1. The number of halogens is 1. The van der Waals surface area contributed by atoms with Crippen LogP contribution in [0.5, 0.6) is 0 Å². The van der Waals surface area contributed by atoms with Crippen molar-refractivity contribution >= 4 is 28.2 Å². The Bertz CT molecular complexity index is 552. The van der Waals surface area contributed by atoms with Gasteiger partial charge in [-0.2, -0.15) is 0 Å². The number of piperidine rings is 1. The van der Waals surface area contributed by atoms with E-state index in [2.05, 4.69) is 20.8 Å². The first-order valence-electron chi connectivity index (χ1n) is 6.23. The molecule has 0 saturated carbocycles. The minimum Gasteiger partial charge on any atom is -0.364 e. The van der Waals surface area contributed by atoms with Crippen molar-refractivity contribution in [1.82, 2.24) is 15.5 Å². The monoisotopic (exact) mass is 262 g/mol. The van der Waals surface area contributed by atoms with Gasteiger partial charge >= 0.3 is 0 Å². The molecule has 1 atom stereocenters. The number of rotatable bonds is 2.